The van der Waals surface area contributed by atoms with Crippen molar-refractivity contribution in [2.75, 3.05) is 13.2 Å². The number of rotatable bonds is 7. The van der Waals surface area contributed by atoms with Crippen LogP contribution >= 0.6 is 11.6 Å². The smallest absolute Gasteiger partial charge is 0.139 e. The van der Waals surface area contributed by atoms with E-state index in [4.69, 9.17) is 16.3 Å². The Labute approximate surface area is 106 Å². The summed E-state index contributed by atoms with van der Waals surface area (Å²) < 4.78 is 18.6. The van der Waals surface area contributed by atoms with Gasteiger partial charge in [0.1, 0.15) is 11.6 Å². The van der Waals surface area contributed by atoms with Gasteiger partial charge in [0.2, 0.25) is 0 Å². The molecule has 0 spiro atoms. The number of ketones is 1. The number of hydrogen-bond donors (Lipinski definition) is 0. The summed E-state index contributed by atoms with van der Waals surface area (Å²) in [4.78, 5) is 11.5. The molecule has 2 nitrogen and oxygen atoms in total. The Balaban J connectivity index is 2.40. The van der Waals surface area contributed by atoms with Gasteiger partial charge in [-0.3, -0.25) is 4.79 Å². The average Bonchev–Trinajstić information content (AvgIpc) is 2.28. The fourth-order valence-electron chi connectivity index (χ4n) is 1.40. The minimum absolute atomic E-state index is 0.0256. The molecule has 0 atom stereocenters. The first-order valence-electron chi connectivity index (χ1n) is 5.67. The molecule has 0 heterocycles. The van der Waals surface area contributed by atoms with Crippen molar-refractivity contribution < 1.29 is 13.9 Å². The highest BCUT2D eigenvalue weighted by Crippen LogP contribution is 2.15. The molecule has 0 aliphatic rings. The van der Waals surface area contributed by atoms with Crippen molar-refractivity contribution in [2.45, 2.75) is 26.2 Å². The third-order valence-electron chi connectivity index (χ3n) is 2.28. The van der Waals surface area contributed by atoms with Gasteiger partial charge in [0.25, 0.3) is 0 Å². The number of Topliss-reactive ketones (excluding diaryl/α,β-unsaturated/α-hetero) is 1. The Morgan fingerprint density at radius 3 is 2.82 bits per heavy atom. The lowest BCUT2D eigenvalue weighted by molar-refractivity contribution is -0.119. The van der Waals surface area contributed by atoms with Crippen molar-refractivity contribution in [3.63, 3.8) is 0 Å². The van der Waals surface area contributed by atoms with Crippen LogP contribution in [-0.2, 0) is 16.0 Å². The largest absolute Gasteiger partial charge is 0.381 e. The van der Waals surface area contributed by atoms with E-state index in [0.29, 0.717) is 30.2 Å². The Hall–Kier alpha value is -0.930. The van der Waals surface area contributed by atoms with Crippen molar-refractivity contribution in [3.05, 3.63) is 34.6 Å². The summed E-state index contributed by atoms with van der Waals surface area (Å²) in [7, 11) is 0. The van der Waals surface area contributed by atoms with Crippen LogP contribution in [0.2, 0.25) is 5.02 Å². The maximum atomic E-state index is 13.4. The topological polar surface area (TPSA) is 26.3 Å². The van der Waals surface area contributed by atoms with E-state index in [1.165, 1.54) is 6.07 Å². The van der Waals surface area contributed by atoms with Gasteiger partial charge in [0, 0.05) is 24.5 Å². The van der Waals surface area contributed by atoms with Gasteiger partial charge in [-0.2, -0.15) is 0 Å². The number of carbonyl (C=O) groups is 1. The summed E-state index contributed by atoms with van der Waals surface area (Å²) in [6.45, 7) is 3.06. The maximum absolute atomic E-state index is 13.4. The molecule has 1 rings (SSSR count). The second-order valence-electron chi connectivity index (χ2n) is 3.81. The van der Waals surface area contributed by atoms with Gasteiger partial charge in [0.15, 0.2) is 0 Å². The highest BCUT2D eigenvalue weighted by Gasteiger charge is 2.08. The van der Waals surface area contributed by atoms with Crippen LogP contribution in [0.4, 0.5) is 4.39 Å². The molecule has 94 valence electrons. The molecule has 0 bridgehead atoms. The molecule has 0 radical (unpaired) electrons. The first kappa shape index (κ1) is 14.1. The molecule has 0 unspecified atom stereocenters. The van der Waals surface area contributed by atoms with Gasteiger partial charge in [-0.1, -0.05) is 24.6 Å². The minimum atomic E-state index is -0.430. The summed E-state index contributed by atoms with van der Waals surface area (Å²) in [5, 5.41) is 0.338. The van der Waals surface area contributed by atoms with Gasteiger partial charge in [-0.15, -0.1) is 0 Å². The number of halogens is 2. The van der Waals surface area contributed by atoms with Gasteiger partial charge in [0.05, 0.1) is 6.61 Å². The zero-order valence-corrected chi connectivity index (χ0v) is 10.6. The molecule has 0 amide bonds. The number of benzene rings is 1. The van der Waals surface area contributed by atoms with E-state index in [1.807, 2.05) is 6.92 Å². The van der Waals surface area contributed by atoms with Crippen molar-refractivity contribution in [1.82, 2.24) is 0 Å². The quantitative estimate of drug-likeness (QED) is 0.701. The van der Waals surface area contributed by atoms with Crippen molar-refractivity contribution in [3.8, 4) is 0 Å². The van der Waals surface area contributed by atoms with Crippen LogP contribution in [0.25, 0.3) is 0 Å². The van der Waals surface area contributed by atoms with Crippen LogP contribution < -0.4 is 0 Å². The SMILES string of the molecule is CCCOCCC(=O)Cc1ccc(Cl)cc1F. The standard InChI is InChI=1S/C13H16ClFO2/c1-2-6-17-7-5-12(16)8-10-3-4-11(14)9-13(10)15/h3-4,9H,2,5-8H2,1H3. The zero-order valence-electron chi connectivity index (χ0n) is 9.84. The van der Waals surface area contributed by atoms with E-state index < -0.39 is 5.82 Å². The van der Waals surface area contributed by atoms with Crippen molar-refractivity contribution in [2.24, 2.45) is 0 Å². The fourth-order valence-corrected chi connectivity index (χ4v) is 1.56. The third-order valence-corrected chi connectivity index (χ3v) is 2.51. The first-order chi connectivity index (χ1) is 8.13. The summed E-state index contributed by atoms with van der Waals surface area (Å²) >= 11 is 5.63. The normalized spacial score (nSPS) is 10.5. The monoisotopic (exact) mass is 258 g/mol. The molecule has 0 aliphatic carbocycles. The predicted octanol–water partition coefficient (Wildman–Crippen LogP) is 3.41. The highest BCUT2D eigenvalue weighted by molar-refractivity contribution is 6.30. The molecule has 1 aromatic carbocycles. The van der Waals surface area contributed by atoms with Crippen molar-refractivity contribution in [1.29, 1.82) is 0 Å². The molecular weight excluding hydrogens is 243 g/mol. The van der Waals surface area contributed by atoms with E-state index in [2.05, 4.69) is 0 Å². The van der Waals surface area contributed by atoms with Crippen LogP contribution in [0, 0.1) is 5.82 Å². The molecule has 4 heteroatoms. The van der Waals surface area contributed by atoms with Gasteiger partial charge >= 0.3 is 0 Å². The number of carbonyl (C=O) groups excluding carboxylic acids is 1. The summed E-state index contributed by atoms with van der Waals surface area (Å²) in [5.74, 6) is -0.456. The second kappa shape index (κ2) is 7.41. The summed E-state index contributed by atoms with van der Waals surface area (Å²) in [5.41, 5.74) is 0.384. The Morgan fingerprint density at radius 2 is 2.18 bits per heavy atom. The third kappa shape index (κ3) is 5.29. The molecule has 1 aromatic rings. The van der Waals surface area contributed by atoms with Gasteiger partial charge in [-0.05, 0) is 24.1 Å². The van der Waals surface area contributed by atoms with Crippen molar-refractivity contribution >= 4 is 17.4 Å². The van der Waals surface area contributed by atoms with Gasteiger partial charge in [-0.25, -0.2) is 4.39 Å². The van der Waals surface area contributed by atoms with E-state index in [1.54, 1.807) is 12.1 Å². The summed E-state index contributed by atoms with van der Waals surface area (Å²) in [6, 6.07) is 4.35. The molecule has 0 fully saturated rings. The van der Waals surface area contributed by atoms with Gasteiger partial charge < -0.3 is 4.74 Å². The Bertz CT molecular complexity index is 380. The van der Waals surface area contributed by atoms with E-state index in [0.717, 1.165) is 6.42 Å². The Kier molecular flexibility index (Phi) is 6.16. The highest BCUT2D eigenvalue weighted by atomic mass is 35.5. The Morgan fingerprint density at radius 1 is 1.41 bits per heavy atom. The predicted molar refractivity (Wildman–Crippen MR) is 65.8 cm³/mol. The van der Waals surface area contributed by atoms with E-state index in [9.17, 15) is 9.18 Å². The van der Waals surface area contributed by atoms with Crippen LogP contribution in [0.1, 0.15) is 25.3 Å². The lowest BCUT2D eigenvalue weighted by Crippen LogP contribution is -2.08. The lowest BCUT2D eigenvalue weighted by atomic mass is 10.1. The molecule has 17 heavy (non-hydrogen) atoms. The lowest BCUT2D eigenvalue weighted by Gasteiger charge is -2.04. The van der Waals surface area contributed by atoms with Crippen LogP contribution in [0.15, 0.2) is 18.2 Å². The second-order valence-corrected chi connectivity index (χ2v) is 4.25. The average molecular weight is 259 g/mol. The first-order valence-corrected chi connectivity index (χ1v) is 6.04. The van der Waals surface area contributed by atoms with E-state index >= 15 is 0 Å². The molecule has 0 N–H and O–H groups in total. The number of hydrogen-bond acceptors (Lipinski definition) is 2. The van der Waals surface area contributed by atoms with Crippen LogP contribution in [0.5, 0.6) is 0 Å². The molecular formula is C13H16ClFO2. The minimum Gasteiger partial charge on any atom is -0.381 e. The van der Waals surface area contributed by atoms with E-state index in [-0.39, 0.29) is 12.2 Å². The molecule has 0 aliphatic heterocycles. The number of ether oxygens (including phenoxy) is 1. The molecule has 0 aromatic heterocycles. The molecule has 0 saturated carbocycles. The zero-order chi connectivity index (χ0) is 12.7. The molecule has 0 saturated heterocycles. The van der Waals surface area contributed by atoms with Crippen LogP contribution in [-0.4, -0.2) is 19.0 Å². The fraction of sp³-hybridized carbons (Fsp3) is 0.462. The maximum Gasteiger partial charge on any atom is 0.139 e. The van der Waals surface area contributed by atoms with Crippen LogP contribution in [0.3, 0.4) is 0 Å². The summed E-state index contributed by atoms with van der Waals surface area (Å²) in [6.07, 6.45) is 1.35.